The van der Waals surface area contributed by atoms with Crippen molar-refractivity contribution in [1.29, 1.82) is 0 Å². The first-order valence-corrected chi connectivity index (χ1v) is 3.35. The molecule has 0 aromatic carbocycles. The molecule has 0 unspecified atom stereocenters. The molecule has 11 heavy (non-hydrogen) atoms. The lowest BCUT2D eigenvalue weighted by molar-refractivity contribution is -0.148. The summed E-state index contributed by atoms with van der Waals surface area (Å²) in [6.07, 6.45) is 1.12. The van der Waals surface area contributed by atoms with E-state index < -0.39 is 12.0 Å². The Morgan fingerprint density at radius 1 is 1.45 bits per heavy atom. The Morgan fingerprint density at radius 2 is 2.00 bits per heavy atom. The van der Waals surface area contributed by atoms with Crippen molar-refractivity contribution in [2.45, 2.75) is 32.9 Å². The summed E-state index contributed by atoms with van der Waals surface area (Å²) < 4.78 is 4.75. The molecule has 0 aromatic rings. The summed E-state index contributed by atoms with van der Waals surface area (Å²) in [5.74, 6) is -0.497. The van der Waals surface area contributed by atoms with Crippen LogP contribution in [0.3, 0.4) is 0 Å². The maximum atomic E-state index is 10.8. The molecule has 0 saturated carbocycles. The largest absolute Gasteiger partial charge is 0.461 e. The summed E-state index contributed by atoms with van der Waals surface area (Å²) in [4.78, 5) is 23.8. The van der Waals surface area contributed by atoms with Gasteiger partial charge < -0.3 is 4.74 Å². The smallest absolute Gasteiger partial charge is 0.331 e. The number of ether oxygens (including phenoxy) is 1. The summed E-state index contributed by atoms with van der Waals surface area (Å²) in [7, 11) is 0. The van der Waals surface area contributed by atoms with Crippen LogP contribution < -0.4 is 0 Å². The fourth-order valence-electron chi connectivity index (χ4n) is 0.463. The predicted octanol–water partition coefficient (Wildman–Crippen LogP) is 0.662. The van der Waals surface area contributed by atoms with Crippen LogP contribution in [0, 0.1) is 0 Å². The van der Waals surface area contributed by atoms with Crippen LogP contribution in [0.25, 0.3) is 0 Å². The van der Waals surface area contributed by atoms with Crippen molar-refractivity contribution in [3.63, 3.8) is 0 Å². The monoisotopic (exact) mass is 157 g/mol. The van der Waals surface area contributed by atoms with Crippen LogP contribution in [0.1, 0.15) is 20.8 Å². The number of rotatable bonds is 3. The second kappa shape index (κ2) is 4.63. The molecule has 62 valence electrons. The van der Waals surface area contributed by atoms with Gasteiger partial charge in [-0.1, -0.05) is 0 Å². The maximum absolute atomic E-state index is 10.8. The van der Waals surface area contributed by atoms with Gasteiger partial charge in [0.15, 0.2) is 6.04 Å². The van der Waals surface area contributed by atoms with E-state index >= 15 is 0 Å². The van der Waals surface area contributed by atoms with E-state index in [0.717, 1.165) is 0 Å². The number of hydrogen-bond acceptors (Lipinski definition) is 4. The van der Waals surface area contributed by atoms with Crippen LogP contribution in [-0.4, -0.2) is 24.2 Å². The lowest BCUT2D eigenvalue weighted by atomic mass is 10.3. The molecule has 0 heterocycles. The summed E-state index contributed by atoms with van der Waals surface area (Å²) in [6, 6.07) is -0.741. The predicted molar refractivity (Wildman–Crippen MR) is 38.8 cm³/mol. The zero-order chi connectivity index (χ0) is 8.85. The van der Waals surface area contributed by atoms with Gasteiger partial charge in [-0.3, -0.25) is 0 Å². The molecule has 0 spiro atoms. The summed E-state index contributed by atoms with van der Waals surface area (Å²) in [5, 5.41) is 0. The highest BCUT2D eigenvalue weighted by atomic mass is 16.5. The van der Waals surface area contributed by atoms with Gasteiger partial charge in [0.2, 0.25) is 6.08 Å². The molecule has 0 saturated heterocycles. The maximum Gasteiger partial charge on any atom is 0.331 e. The van der Waals surface area contributed by atoms with Crippen molar-refractivity contribution < 1.29 is 14.3 Å². The van der Waals surface area contributed by atoms with Crippen molar-refractivity contribution in [2.75, 3.05) is 0 Å². The van der Waals surface area contributed by atoms with Crippen LogP contribution in [0.5, 0.6) is 0 Å². The fraction of sp³-hybridized carbons (Fsp3) is 0.714. The van der Waals surface area contributed by atoms with Gasteiger partial charge in [0, 0.05) is 0 Å². The molecular formula is C7H11NO3. The van der Waals surface area contributed by atoms with Crippen LogP contribution >= 0.6 is 0 Å². The van der Waals surface area contributed by atoms with E-state index in [2.05, 4.69) is 4.99 Å². The Balaban J connectivity index is 3.92. The molecule has 4 heteroatoms. The summed E-state index contributed by atoms with van der Waals surface area (Å²) in [5.41, 5.74) is 0. The molecule has 0 aliphatic carbocycles. The zero-order valence-electron chi connectivity index (χ0n) is 6.83. The van der Waals surface area contributed by atoms with Crippen molar-refractivity contribution in [1.82, 2.24) is 0 Å². The Kier molecular flexibility index (Phi) is 4.15. The average molecular weight is 157 g/mol. The van der Waals surface area contributed by atoms with Gasteiger partial charge >= 0.3 is 5.97 Å². The third kappa shape index (κ3) is 4.28. The van der Waals surface area contributed by atoms with Crippen molar-refractivity contribution in [2.24, 2.45) is 4.99 Å². The number of isocyanates is 1. The molecule has 0 aromatic heterocycles. The van der Waals surface area contributed by atoms with Crippen LogP contribution in [-0.2, 0) is 14.3 Å². The third-order valence-corrected chi connectivity index (χ3v) is 0.939. The molecule has 1 atom stereocenters. The Morgan fingerprint density at radius 3 is 2.36 bits per heavy atom. The summed E-state index contributed by atoms with van der Waals surface area (Å²) in [6.45, 7) is 4.94. The van der Waals surface area contributed by atoms with Crippen molar-refractivity contribution in [3.8, 4) is 0 Å². The minimum absolute atomic E-state index is 0.174. The number of nitrogens with zero attached hydrogens (tertiary/aromatic N) is 1. The molecule has 0 bridgehead atoms. The number of hydrogen-bond donors (Lipinski definition) is 0. The van der Waals surface area contributed by atoms with Gasteiger partial charge in [0.25, 0.3) is 0 Å². The second-order valence-electron chi connectivity index (χ2n) is 2.38. The first-order chi connectivity index (χ1) is 5.07. The first kappa shape index (κ1) is 9.85. The molecule has 0 N–H and O–H groups in total. The molecule has 0 rings (SSSR count). The van der Waals surface area contributed by atoms with E-state index in [1.165, 1.54) is 13.0 Å². The van der Waals surface area contributed by atoms with E-state index in [1.54, 1.807) is 13.8 Å². The minimum Gasteiger partial charge on any atom is -0.461 e. The van der Waals surface area contributed by atoms with Crippen LogP contribution in [0.4, 0.5) is 0 Å². The normalized spacial score (nSPS) is 12.0. The van der Waals surface area contributed by atoms with Crippen molar-refractivity contribution >= 4 is 12.0 Å². The lowest BCUT2D eigenvalue weighted by Crippen LogP contribution is -2.21. The van der Waals surface area contributed by atoms with E-state index in [4.69, 9.17) is 4.74 Å². The molecule has 0 fully saturated rings. The topological polar surface area (TPSA) is 55.7 Å². The number of carbonyl (C=O) groups excluding carboxylic acids is 2. The average Bonchev–Trinajstić information content (AvgIpc) is 1.86. The molecule has 4 nitrogen and oxygen atoms in total. The SMILES string of the molecule is CC(C)OC(=O)[C@H](C)N=C=O. The van der Waals surface area contributed by atoms with Gasteiger partial charge in [-0.05, 0) is 20.8 Å². The quantitative estimate of drug-likeness (QED) is 0.343. The van der Waals surface area contributed by atoms with E-state index in [9.17, 15) is 9.59 Å². The van der Waals surface area contributed by atoms with Crippen molar-refractivity contribution in [3.05, 3.63) is 0 Å². The third-order valence-electron chi connectivity index (χ3n) is 0.939. The Labute approximate surface area is 65.3 Å². The number of carbonyl (C=O) groups is 1. The highest BCUT2D eigenvalue weighted by Crippen LogP contribution is 1.96. The minimum atomic E-state index is -0.741. The number of aliphatic imine (C=N–C) groups is 1. The van der Waals surface area contributed by atoms with Gasteiger partial charge in [-0.2, -0.15) is 4.99 Å². The Hall–Kier alpha value is -1.15. The van der Waals surface area contributed by atoms with Gasteiger partial charge in [-0.25, -0.2) is 9.59 Å². The van der Waals surface area contributed by atoms with Crippen LogP contribution in [0.15, 0.2) is 4.99 Å². The lowest BCUT2D eigenvalue weighted by Gasteiger charge is -2.08. The van der Waals surface area contributed by atoms with Crippen LogP contribution in [0.2, 0.25) is 0 Å². The Bertz CT molecular complexity index is 182. The molecule has 0 aliphatic heterocycles. The molecular weight excluding hydrogens is 146 g/mol. The highest BCUT2D eigenvalue weighted by Gasteiger charge is 2.13. The number of esters is 1. The zero-order valence-corrected chi connectivity index (χ0v) is 6.83. The van der Waals surface area contributed by atoms with E-state index in [0.29, 0.717) is 0 Å². The first-order valence-electron chi connectivity index (χ1n) is 3.35. The fourth-order valence-corrected chi connectivity index (χ4v) is 0.463. The standard InChI is InChI=1S/C7H11NO3/c1-5(2)11-7(10)6(3)8-4-9/h5-6H,1-3H3/t6-/m0/s1. The second-order valence-corrected chi connectivity index (χ2v) is 2.38. The highest BCUT2D eigenvalue weighted by molar-refractivity contribution is 5.76. The summed E-state index contributed by atoms with van der Waals surface area (Å²) >= 11 is 0. The molecule has 0 aliphatic rings. The van der Waals surface area contributed by atoms with E-state index in [-0.39, 0.29) is 6.10 Å². The van der Waals surface area contributed by atoms with Gasteiger partial charge in [0.05, 0.1) is 6.10 Å². The van der Waals surface area contributed by atoms with E-state index in [1.807, 2.05) is 0 Å². The van der Waals surface area contributed by atoms with Gasteiger partial charge in [-0.15, -0.1) is 0 Å². The molecule has 0 radical (unpaired) electrons. The van der Waals surface area contributed by atoms with Gasteiger partial charge in [0.1, 0.15) is 0 Å². The molecule has 0 amide bonds.